The molecule has 6 heteroatoms. The molecule has 1 saturated heterocycles. The van der Waals surface area contributed by atoms with Crippen molar-refractivity contribution >= 4 is 11.6 Å². The zero-order valence-electron chi connectivity index (χ0n) is 16.4. The third-order valence-corrected chi connectivity index (χ3v) is 5.18. The number of hydrogen-bond donors (Lipinski definition) is 1. The predicted molar refractivity (Wildman–Crippen MR) is 109 cm³/mol. The molecule has 1 fully saturated rings. The highest BCUT2D eigenvalue weighted by Gasteiger charge is 2.25. The fourth-order valence-electron chi connectivity index (χ4n) is 3.34. The van der Waals surface area contributed by atoms with Gasteiger partial charge in [0.15, 0.2) is 0 Å². The first-order valence-corrected chi connectivity index (χ1v) is 9.49. The van der Waals surface area contributed by atoms with Gasteiger partial charge in [0.05, 0.1) is 24.8 Å². The Balaban J connectivity index is 1.47. The van der Waals surface area contributed by atoms with Gasteiger partial charge in [-0.05, 0) is 48.9 Å². The first-order valence-electron chi connectivity index (χ1n) is 9.49. The van der Waals surface area contributed by atoms with Crippen molar-refractivity contribution in [1.29, 1.82) is 5.26 Å². The number of hydrogen-bond acceptors (Lipinski definition) is 5. The van der Waals surface area contributed by atoms with E-state index in [0.717, 1.165) is 38.5 Å². The Labute approximate surface area is 166 Å². The monoisotopic (exact) mass is 378 g/mol. The number of carbonyl (C=O) groups excluding carboxylic acids is 1. The second-order valence-corrected chi connectivity index (χ2v) is 7.01. The highest BCUT2D eigenvalue weighted by Crippen LogP contribution is 2.16. The molecule has 0 spiro atoms. The SMILES string of the molecule is COc1ccc(CN2CCN([C@@H](C)C(=O)Nc3ccc(C#N)cc3)CC2)cc1. The molecule has 28 heavy (non-hydrogen) atoms. The molecule has 0 bridgehead atoms. The fraction of sp³-hybridized carbons (Fsp3) is 0.364. The van der Waals surface area contributed by atoms with Gasteiger partial charge in [-0.3, -0.25) is 14.6 Å². The second kappa shape index (κ2) is 9.36. The van der Waals surface area contributed by atoms with E-state index >= 15 is 0 Å². The second-order valence-electron chi connectivity index (χ2n) is 7.01. The van der Waals surface area contributed by atoms with Crippen LogP contribution in [0.3, 0.4) is 0 Å². The number of carbonyl (C=O) groups is 1. The summed E-state index contributed by atoms with van der Waals surface area (Å²) < 4.78 is 5.20. The Morgan fingerprint density at radius 2 is 1.75 bits per heavy atom. The van der Waals surface area contributed by atoms with Gasteiger partial charge >= 0.3 is 0 Å². The Hall–Kier alpha value is -2.88. The number of anilines is 1. The quantitative estimate of drug-likeness (QED) is 0.837. The van der Waals surface area contributed by atoms with Crippen LogP contribution >= 0.6 is 0 Å². The van der Waals surface area contributed by atoms with E-state index in [1.54, 1.807) is 31.4 Å². The summed E-state index contributed by atoms with van der Waals surface area (Å²) in [6, 6.07) is 17.0. The van der Waals surface area contributed by atoms with E-state index in [1.165, 1.54) is 5.56 Å². The number of nitrogens with zero attached hydrogens (tertiary/aromatic N) is 3. The minimum absolute atomic E-state index is 0.0201. The molecule has 0 aliphatic carbocycles. The van der Waals surface area contributed by atoms with E-state index in [-0.39, 0.29) is 11.9 Å². The van der Waals surface area contributed by atoms with Crippen LogP contribution in [0.15, 0.2) is 48.5 Å². The lowest BCUT2D eigenvalue weighted by Crippen LogP contribution is -2.52. The lowest BCUT2D eigenvalue weighted by molar-refractivity contribution is -0.121. The van der Waals surface area contributed by atoms with Gasteiger partial charge in [0.25, 0.3) is 0 Å². The number of rotatable bonds is 6. The number of ether oxygens (including phenoxy) is 1. The normalized spacial score (nSPS) is 16.2. The molecule has 146 valence electrons. The van der Waals surface area contributed by atoms with E-state index < -0.39 is 0 Å². The van der Waals surface area contributed by atoms with Gasteiger partial charge in [0.2, 0.25) is 5.91 Å². The lowest BCUT2D eigenvalue weighted by Gasteiger charge is -2.37. The van der Waals surface area contributed by atoms with Gasteiger partial charge in [-0.2, -0.15) is 5.26 Å². The van der Waals surface area contributed by atoms with Crippen LogP contribution in [0.2, 0.25) is 0 Å². The first-order chi connectivity index (χ1) is 13.6. The third kappa shape index (κ3) is 5.10. The number of piperazine rings is 1. The molecule has 1 amide bonds. The summed E-state index contributed by atoms with van der Waals surface area (Å²) in [6.45, 7) is 6.43. The predicted octanol–water partition coefficient (Wildman–Crippen LogP) is 2.71. The Morgan fingerprint density at radius 3 is 2.32 bits per heavy atom. The number of amides is 1. The van der Waals surface area contributed by atoms with E-state index in [0.29, 0.717) is 11.3 Å². The van der Waals surface area contributed by atoms with Crippen LogP contribution in [-0.4, -0.2) is 55.0 Å². The molecule has 1 heterocycles. The van der Waals surface area contributed by atoms with Gasteiger partial charge in [-0.15, -0.1) is 0 Å². The van der Waals surface area contributed by atoms with Crippen molar-refractivity contribution in [1.82, 2.24) is 9.80 Å². The fourth-order valence-corrected chi connectivity index (χ4v) is 3.34. The molecule has 1 atom stereocenters. The van der Waals surface area contributed by atoms with Gasteiger partial charge in [0, 0.05) is 38.4 Å². The van der Waals surface area contributed by atoms with Crippen molar-refractivity contribution < 1.29 is 9.53 Å². The Morgan fingerprint density at radius 1 is 1.11 bits per heavy atom. The molecule has 2 aromatic carbocycles. The van der Waals surface area contributed by atoms with Crippen molar-refractivity contribution in [2.45, 2.75) is 19.5 Å². The topological polar surface area (TPSA) is 68.6 Å². The van der Waals surface area contributed by atoms with Crippen LogP contribution in [0.1, 0.15) is 18.1 Å². The minimum atomic E-state index is -0.196. The molecule has 0 saturated carbocycles. The maximum atomic E-state index is 12.6. The lowest BCUT2D eigenvalue weighted by atomic mass is 10.1. The number of benzene rings is 2. The average Bonchev–Trinajstić information content (AvgIpc) is 2.75. The van der Waals surface area contributed by atoms with Crippen LogP contribution < -0.4 is 10.1 Å². The standard InChI is InChI=1S/C22H26N4O2/c1-17(22(27)24-20-7-3-18(15-23)4-8-20)26-13-11-25(12-14-26)16-19-5-9-21(28-2)10-6-19/h3-10,17H,11-14,16H2,1-2H3,(H,24,27)/t17-/m0/s1. The van der Waals surface area contributed by atoms with Crippen LogP contribution in [0.5, 0.6) is 5.75 Å². The summed E-state index contributed by atoms with van der Waals surface area (Å²) in [4.78, 5) is 17.2. The van der Waals surface area contributed by atoms with Crippen LogP contribution in [0.4, 0.5) is 5.69 Å². The van der Waals surface area contributed by atoms with Crippen LogP contribution in [0.25, 0.3) is 0 Å². The number of nitriles is 1. The summed E-state index contributed by atoms with van der Waals surface area (Å²) in [6.07, 6.45) is 0. The van der Waals surface area contributed by atoms with Gasteiger partial charge in [-0.25, -0.2) is 0 Å². The van der Waals surface area contributed by atoms with Crippen LogP contribution in [-0.2, 0) is 11.3 Å². The van der Waals surface area contributed by atoms with Gasteiger partial charge in [0.1, 0.15) is 5.75 Å². The van der Waals surface area contributed by atoms with E-state index in [2.05, 4.69) is 33.3 Å². The highest BCUT2D eigenvalue weighted by atomic mass is 16.5. The molecular weight excluding hydrogens is 352 g/mol. The third-order valence-electron chi connectivity index (χ3n) is 5.18. The summed E-state index contributed by atoms with van der Waals surface area (Å²) >= 11 is 0. The molecule has 0 aromatic heterocycles. The molecule has 1 aliphatic heterocycles. The van der Waals surface area contributed by atoms with Crippen molar-refractivity contribution in [2.24, 2.45) is 0 Å². The molecule has 1 N–H and O–H groups in total. The van der Waals surface area contributed by atoms with Crippen molar-refractivity contribution in [3.63, 3.8) is 0 Å². The number of methoxy groups -OCH3 is 1. The van der Waals surface area contributed by atoms with E-state index in [9.17, 15) is 4.79 Å². The maximum absolute atomic E-state index is 12.6. The maximum Gasteiger partial charge on any atom is 0.241 e. The van der Waals surface area contributed by atoms with Crippen molar-refractivity contribution in [2.75, 3.05) is 38.6 Å². The molecule has 2 aromatic rings. The summed E-state index contributed by atoms with van der Waals surface area (Å²) in [5.74, 6) is 0.851. The molecule has 6 nitrogen and oxygen atoms in total. The van der Waals surface area contributed by atoms with Crippen LogP contribution in [0, 0.1) is 11.3 Å². The molecule has 1 aliphatic rings. The summed E-state index contributed by atoms with van der Waals surface area (Å²) in [5, 5.41) is 11.8. The molecular formula is C22H26N4O2. The largest absolute Gasteiger partial charge is 0.497 e. The first kappa shape index (κ1) is 19.9. The highest BCUT2D eigenvalue weighted by molar-refractivity contribution is 5.94. The zero-order valence-corrected chi connectivity index (χ0v) is 16.4. The van der Waals surface area contributed by atoms with Crippen molar-refractivity contribution in [3.8, 4) is 11.8 Å². The van der Waals surface area contributed by atoms with E-state index in [4.69, 9.17) is 10.00 Å². The molecule has 0 unspecified atom stereocenters. The number of nitrogens with one attached hydrogen (secondary N) is 1. The van der Waals surface area contributed by atoms with Crippen molar-refractivity contribution in [3.05, 3.63) is 59.7 Å². The molecule has 3 rings (SSSR count). The molecule has 0 radical (unpaired) electrons. The zero-order chi connectivity index (χ0) is 19.9. The Kier molecular flexibility index (Phi) is 6.64. The van der Waals surface area contributed by atoms with E-state index in [1.807, 2.05) is 19.1 Å². The average molecular weight is 378 g/mol. The van der Waals surface area contributed by atoms with Gasteiger partial charge in [-0.1, -0.05) is 12.1 Å². The smallest absolute Gasteiger partial charge is 0.241 e. The summed E-state index contributed by atoms with van der Waals surface area (Å²) in [7, 11) is 1.67. The Bertz CT molecular complexity index is 819. The minimum Gasteiger partial charge on any atom is -0.497 e. The van der Waals surface area contributed by atoms with Gasteiger partial charge < -0.3 is 10.1 Å². The summed E-state index contributed by atoms with van der Waals surface area (Å²) in [5.41, 5.74) is 2.56.